The maximum absolute atomic E-state index is 12.5. The van der Waals surface area contributed by atoms with Gasteiger partial charge >= 0.3 is 0 Å². The first-order chi connectivity index (χ1) is 11.5. The number of ketones is 2. The minimum Gasteiger partial charge on any atom is -0.432 e. The van der Waals surface area contributed by atoms with E-state index in [9.17, 15) is 9.59 Å². The molecule has 0 radical (unpaired) electrons. The van der Waals surface area contributed by atoms with Crippen molar-refractivity contribution in [3.05, 3.63) is 34.4 Å². The number of aliphatic imine (C=N–C) groups is 1. The molecular formula is C16H15BrN4O3. The van der Waals surface area contributed by atoms with E-state index in [0.29, 0.717) is 23.3 Å². The summed E-state index contributed by atoms with van der Waals surface area (Å²) in [6, 6.07) is 3.47. The number of likely N-dealkylation sites (N-methyl/N-ethyl adjacent to an activating group) is 1. The third-order valence-corrected chi connectivity index (χ3v) is 4.16. The molecule has 0 unspecified atom stereocenters. The molecule has 0 atom stereocenters. The van der Waals surface area contributed by atoms with Crippen LogP contribution in [0.4, 0.5) is 0 Å². The molecule has 3 rings (SSSR count). The SMILES string of the molecule is CN(C)CCN=C1CC(=O)c2nc(-c3cccnc3Br)oc2C1=O. The van der Waals surface area contributed by atoms with E-state index in [1.54, 1.807) is 18.3 Å². The van der Waals surface area contributed by atoms with Crippen LogP contribution >= 0.6 is 15.9 Å². The van der Waals surface area contributed by atoms with Crippen molar-refractivity contribution in [3.8, 4) is 11.5 Å². The highest BCUT2D eigenvalue weighted by atomic mass is 79.9. The van der Waals surface area contributed by atoms with Crippen molar-refractivity contribution in [2.24, 2.45) is 4.99 Å². The molecule has 124 valence electrons. The molecule has 1 aliphatic carbocycles. The number of halogens is 1. The zero-order valence-corrected chi connectivity index (χ0v) is 14.8. The number of nitrogens with zero attached hydrogens (tertiary/aromatic N) is 4. The van der Waals surface area contributed by atoms with Gasteiger partial charge in [0.1, 0.15) is 4.60 Å². The number of oxazole rings is 1. The summed E-state index contributed by atoms with van der Waals surface area (Å²) >= 11 is 3.31. The Kier molecular flexibility index (Phi) is 4.68. The van der Waals surface area contributed by atoms with Crippen LogP contribution in [0.25, 0.3) is 11.5 Å². The van der Waals surface area contributed by atoms with Crippen molar-refractivity contribution in [1.82, 2.24) is 14.9 Å². The van der Waals surface area contributed by atoms with Crippen LogP contribution in [0.3, 0.4) is 0 Å². The fraction of sp³-hybridized carbons (Fsp3) is 0.312. The second kappa shape index (κ2) is 6.74. The van der Waals surface area contributed by atoms with Gasteiger partial charge in [0, 0.05) is 12.7 Å². The molecule has 7 nitrogen and oxygen atoms in total. The quantitative estimate of drug-likeness (QED) is 0.743. The maximum Gasteiger partial charge on any atom is 0.244 e. The maximum atomic E-state index is 12.5. The lowest BCUT2D eigenvalue weighted by molar-refractivity contribution is 0.0949. The number of aromatic nitrogens is 2. The zero-order chi connectivity index (χ0) is 17.3. The van der Waals surface area contributed by atoms with Crippen LogP contribution in [0, 0.1) is 0 Å². The van der Waals surface area contributed by atoms with Crippen molar-refractivity contribution < 1.29 is 14.0 Å². The fourth-order valence-corrected chi connectivity index (χ4v) is 2.70. The first kappa shape index (κ1) is 16.7. The first-order valence-electron chi connectivity index (χ1n) is 7.35. The summed E-state index contributed by atoms with van der Waals surface area (Å²) in [5, 5.41) is 0. The second-order valence-electron chi connectivity index (χ2n) is 5.60. The Morgan fingerprint density at radius 1 is 1.38 bits per heavy atom. The van der Waals surface area contributed by atoms with Crippen LogP contribution < -0.4 is 0 Å². The van der Waals surface area contributed by atoms with Gasteiger partial charge in [-0.1, -0.05) is 0 Å². The molecule has 0 spiro atoms. The lowest BCUT2D eigenvalue weighted by Gasteiger charge is -2.10. The smallest absolute Gasteiger partial charge is 0.244 e. The summed E-state index contributed by atoms with van der Waals surface area (Å²) in [5.74, 6) is -0.484. The zero-order valence-electron chi connectivity index (χ0n) is 13.2. The van der Waals surface area contributed by atoms with Crippen molar-refractivity contribution in [2.45, 2.75) is 6.42 Å². The number of hydrogen-bond acceptors (Lipinski definition) is 7. The van der Waals surface area contributed by atoms with E-state index in [-0.39, 0.29) is 41.0 Å². The molecule has 2 heterocycles. The molecule has 1 aliphatic rings. The summed E-state index contributed by atoms with van der Waals surface area (Å²) in [4.78, 5) is 39.3. The Balaban J connectivity index is 1.94. The molecule has 0 bridgehead atoms. The summed E-state index contributed by atoms with van der Waals surface area (Å²) in [7, 11) is 3.83. The average Bonchev–Trinajstić information content (AvgIpc) is 2.98. The Morgan fingerprint density at radius 2 is 2.17 bits per heavy atom. The van der Waals surface area contributed by atoms with E-state index < -0.39 is 0 Å². The first-order valence-corrected chi connectivity index (χ1v) is 8.14. The number of fused-ring (bicyclic) bond motifs is 1. The van der Waals surface area contributed by atoms with Gasteiger partial charge in [-0.05, 0) is 42.2 Å². The normalized spacial score (nSPS) is 16.1. The van der Waals surface area contributed by atoms with Gasteiger partial charge in [-0.15, -0.1) is 0 Å². The molecular weight excluding hydrogens is 376 g/mol. The monoisotopic (exact) mass is 390 g/mol. The second-order valence-corrected chi connectivity index (χ2v) is 6.35. The largest absolute Gasteiger partial charge is 0.432 e. The minimum absolute atomic E-state index is 0.0411. The highest BCUT2D eigenvalue weighted by Gasteiger charge is 2.35. The van der Waals surface area contributed by atoms with Gasteiger partial charge in [-0.2, -0.15) is 0 Å². The Morgan fingerprint density at radius 3 is 2.88 bits per heavy atom. The van der Waals surface area contributed by atoms with Gasteiger partial charge in [0.05, 0.1) is 24.2 Å². The number of pyridine rings is 1. The summed E-state index contributed by atoms with van der Waals surface area (Å²) in [6.07, 6.45) is 1.57. The molecule has 24 heavy (non-hydrogen) atoms. The van der Waals surface area contributed by atoms with Crippen molar-refractivity contribution in [1.29, 1.82) is 0 Å². The Labute approximate surface area is 146 Å². The summed E-state index contributed by atoms with van der Waals surface area (Å²) < 4.78 is 6.10. The number of rotatable bonds is 4. The van der Waals surface area contributed by atoms with Crippen molar-refractivity contribution >= 4 is 33.2 Å². The third kappa shape index (κ3) is 3.20. The van der Waals surface area contributed by atoms with Gasteiger partial charge in [-0.3, -0.25) is 14.6 Å². The molecule has 8 heteroatoms. The number of carbonyl (C=O) groups excluding carboxylic acids is 2. The molecule has 0 saturated heterocycles. The summed E-state index contributed by atoms with van der Waals surface area (Å²) in [5.41, 5.74) is 0.873. The van der Waals surface area contributed by atoms with Gasteiger partial charge in [0.25, 0.3) is 0 Å². The van der Waals surface area contributed by atoms with Gasteiger partial charge in [-0.25, -0.2) is 9.97 Å². The predicted molar refractivity (Wildman–Crippen MR) is 91.6 cm³/mol. The molecule has 0 fully saturated rings. The minimum atomic E-state index is -0.373. The van der Waals surface area contributed by atoms with E-state index in [0.717, 1.165) is 0 Å². The molecule has 0 N–H and O–H groups in total. The standard InChI is InChI=1S/C16H15BrN4O3/c1-21(2)7-6-18-10-8-11(22)12-14(13(10)23)24-16(20-12)9-4-3-5-19-15(9)17/h3-5H,6-8H2,1-2H3. The molecule has 0 amide bonds. The number of hydrogen-bond donors (Lipinski definition) is 0. The Bertz CT molecular complexity index is 842. The topological polar surface area (TPSA) is 88.7 Å². The van der Waals surface area contributed by atoms with Crippen molar-refractivity contribution in [3.63, 3.8) is 0 Å². The van der Waals surface area contributed by atoms with E-state index in [4.69, 9.17) is 4.42 Å². The van der Waals surface area contributed by atoms with E-state index in [1.165, 1.54) is 0 Å². The highest BCUT2D eigenvalue weighted by Crippen LogP contribution is 2.30. The number of Topliss-reactive ketones (excluding diaryl/α,β-unsaturated/α-hetero) is 2. The highest BCUT2D eigenvalue weighted by molar-refractivity contribution is 9.10. The number of carbonyl (C=O) groups is 2. The van der Waals surface area contributed by atoms with Crippen LogP contribution in [-0.2, 0) is 0 Å². The van der Waals surface area contributed by atoms with Crippen LogP contribution in [0.1, 0.15) is 27.5 Å². The van der Waals surface area contributed by atoms with Crippen LogP contribution in [0.5, 0.6) is 0 Å². The molecule has 0 saturated carbocycles. The summed E-state index contributed by atoms with van der Waals surface area (Å²) in [6.45, 7) is 1.15. The average molecular weight is 391 g/mol. The molecule has 2 aromatic heterocycles. The fourth-order valence-electron chi connectivity index (χ4n) is 2.28. The van der Waals surface area contributed by atoms with E-state index >= 15 is 0 Å². The van der Waals surface area contributed by atoms with Crippen molar-refractivity contribution in [2.75, 3.05) is 27.2 Å². The van der Waals surface area contributed by atoms with Gasteiger partial charge in [0.2, 0.25) is 17.4 Å². The lowest BCUT2D eigenvalue weighted by atomic mass is 9.97. The third-order valence-electron chi connectivity index (χ3n) is 3.53. The van der Waals surface area contributed by atoms with Crippen LogP contribution in [-0.4, -0.2) is 59.3 Å². The van der Waals surface area contributed by atoms with E-state index in [1.807, 2.05) is 19.0 Å². The Hall–Kier alpha value is -2.19. The van der Waals surface area contributed by atoms with Crippen LogP contribution in [0.15, 0.2) is 32.3 Å². The molecule has 0 aliphatic heterocycles. The molecule has 0 aromatic carbocycles. The molecule has 2 aromatic rings. The van der Waals surface area contributed by atoms with E-state index in [2.05, 4.69) is 30.9 Å². The predicted octanol–water partition coefficient (Wildman–Crippen LogP) is 2.27. The van der Waals surface area contributed by atoms with Gasteiger partial charge < -0.3 is 9.32 Å². The van der Waals surface area contributed by atoms with Crippen LogP contribution in [0.2, 0.25) is 0 Å². The lowest BCUT2D eigenvalue weighted by Crippen LogP contribution is -2.27. The van der Waals surface area contributed by atoms with Gasteiger partial charge in [0.15, 0.2) is 11.5 Å².